The van der Waals surface area contributed by atoms with Crippen LogP contribution in [0.2, 0.25) is 0 Å². The molecule has 1 aliphatic rings. The largest absolute Gasteiger partial charge is 0.372 e. The third-order valence-corrected chi connectivity index (χ3v) is 4.98. The quantitative estimate of drug-likeness (QED) is 0.845. The number of hydrogen-bond donors (Lipinski definition) is 1. The van der Waals surface area contributed by atoms with Gasteiger partial charge in [0.15, 0.2) is 5.82 Å². The molecule has 1 N–H and O–H groups in total. The Hall–Kier alpha value is -2.83. The molecular formula is C20H26N4O3. The van der Waals surface area contributed by atoms with Crippen LogP contribution >= 0.6 is 0 Å². The van der Waals surface area contributed by atoms with Gasteiger partial charge in [-0.25, -0.2) is 0 Å². The highest BCUT2D eigenvalue weighted by Gasteiger charge is 2.36. The van der Waals surface area contributed by atoms with Crippen molar-refractivity contribution in [2.75, 3.05) is 34.8 Å². The molecule has 1 fully saturated rings. The molecule has 3 rings (SSSR count). The standard InChI is InChI=1S/C20H26N4O3/c1-5-23(6-2)16-7-8-17(13(3)9-16)21-20(26)15-11-19(25)24(12-15)18-10-14(4)27-22-18/h7-10,15H,5-6,11-12H2,1-4H3,(H,21,26). The molecule has 27 heavy (non-hydrogen) atoms. The number of benzene rings is 1. The molecule has 2 heterocycles. The Morgan fingerprint density at radius 3 is 2.63 bits per heavy atom. The number of hydrogen-bond acceptors (Lipinski definition) is 5. The van der Waals surface area contributed by atoms with Gasteiger partial charge >= 0.3 is 0 Å². The van der Waals surface area contributed by atoms with Crippen molar-refractivity contribution in [2.24, 2.45) is 5.92 Å². The fourth-order valence-corrected chi connectivity index (χ4v) is 3.39. The molecule has 1 atom stereocenters. The maximum absolute atomic E-state index is 12.7. The van der Waals surface area contributed by atoms with Crippen LogP contribution in [0.4, 0.5) is 17.2 Å². The van der Waals surface area contributed by atoms with Gasteiger partial charge in [-0.3, -0.25) is 14.5 Å². The average molecular weight is 370 g/mol. The number of aromatic nitrogens is 1. The fourth-order valence-electron chi connectivity index (χ4n) is 3.39. The van der Waals surface area contributed by atoms with Crippen molar-refractivity contribution in [3.63, 3.8) is 0 Å². The molecule has 7 nitrogen and oxygen atoms in total. The molecule has 144 valence electrons. The van der Waals surface area contributed by atoms with E-state index in [4.69, 9.17) is 4.52 Å². The van der Waals surface area contributed by atoms with Crippen molar-refractivity contribution in [1.82, 2.24) is 5.16 Å². The first-order chi connectivity index (χ1) is 12.9. The van der Waals surface area contributed by atoms with Crippen LogP contribution in [0.5, 0.6) is 0 Å². The summed E-state index contributed by atoms with van der Waals surface area (Å²) in [6, 6.07) is 7.72. The first kappa shape index (κ1) is 18.9. The Kier molecular flexibility index (Phi) is 5.48. The van der Waals surface area contributed by atoms with Crippen molar-refractivity contribution >= 4 is 29.0 Å². The highest BCUT2D eigenvalue weighted by molar-refractivity contribution is 6.03. The van der Waals surface area contributed by atoms with E-state index in [0.717, 1.165) is 30.0 Å². The molecule has 0 saturated carbocycles. The lowest BCUT2D eigenvalue weighted by Gasteiger charge is -2.22. The number of nitrogens with zero attached hydrogens (tertiary/aromatic N) is 3. The van der Waals surface area contributed by atoms with Crippen molar-refractivity contribution in [1.29, 1.82) is 0 Å². The average Bonchev–Trinajstić information content (AvgIpc) is 3.24. The van der Waals surface area contributed by atoms with E-state index in [1.165, 1.54) is 4.90 Å². The van der Waals surface area contributed by atoms with E-state index < -0.39 is 5.92 Å². The van der Waals surface area contributed by atoms with E-state index in [1.807, 2.05) is 19.1 Å². The molecular weight excluding hydrogens is 344 g/mol. The number of aryl methyl sites for hydroxylation is 2. The maximum atomic E-state index is 12.7. The van der Waals surface area contributed by atoms with Gasteiger partial charge in [0.2, 0.25) is 11.8 Å². The second-order valence-electron chi connectivity index (χ2n) is 6.86. The van der Waals surface area contributed by atoms with Gasteiger partial charge in [-0.15, -0.1) is 0 Å². The molecule has 0 bridgehead atoms. The van der Waals surface area contributed by atoms with Crippen LogP contribution < -0.4 is 15.1 Å². The zero-order chi connectivity index (χ0) is 19.6. The Morgan fingerprint density at radius 2 is 2.04 bits per heavy atom. The van der Waals surface area contributed by atoms with Gasteiger partial charge < -0.3 is 14.7 Å². The maximum Gasteiger partial charge on any atom is 0.229 e. The fraction of sp³-hybridized carbons (Fsp3) is 0.450. The van der Waals surface area contributed by atoms with Crippen LogP contribution in [0.1, 0.15) is 31.6 Å². The minimum Gasteiger partial charge on any atom is -0.372 e. The summed E-state index contributed by atoms with van der Waals surface area (Å²) in [7, 11) is 0. The van der Waals surface area contributed by atoms with Crippen LogP contribution in [-0.2, 0) is 9.59 Å². The predicted octanol–water partition coefficient (Wildman–Crippen LogP) is 3.13. The SMILES string of the molecule is CCN(CC)c1ccc(NC(=O)C2CC(=O)N(c3cc(C)on3)C2)c(C)c1. The Labute approximate surface area is 159 Å². The van der Waals surface area contributed by atoms with Crippen LogP contribution in [0.15, 0.2) is 28.8 Å². The molecule has 7 heteroatoms. The normalized spacial score (nSPS) is 16.7. The minimum absolute atomic E-state index is 0.114. The topological polar surface area (TPSA) is 78.7 Å². The van der Waals surface area contributed by atoms with Gasteiger partial charge in [-0.2, -0.15) is 0 Å². The molecule has 0 radical (unpaired) electrons. The van der Waals surface area contributed by atoms with Crippen molar-refractivity contribution in [3.05, 3.63) is 35.6 Å². The van der Waals surface area contributed by atoms with Crippen molar-refractivity contribution in [2.45, 2.75) is 34.1 Å². The monoisotopic (exact) mass is 370 g/mol. The number of rotatable bonds is 6. The Balaban J connectivity index is 1.68. The summed E-state index contributed by atoms with van der Waals surface area (Å²) in [4.78, 5) is 28.7. The summed E-state index contributed by atoms with van der Waals surface area (Å²) < 4.78 is 5.03. The summed E-state index contributed by atoms with van der Waals surface area (Å²) in [6.07, 6.45) is 0.175. The summed E-state index contributed by atoms with van der Waals surface area (Å²) in [5.74, 6) is 0.431. The van der Waals surface area contributed by atoms with E-state index in [2.05, 4.69) is 35.3 Å². The lowest BCUT2D eigenvalue weighted by molar-refractivity contribution is -0.122. The zero-order valence-corrected chi connectivity index (χ0v) is 16.3. The van der Waals surface area contributed by atoms with Gasteiger partial charge in [0.05, 0.1) is 5.92 Å². The van der Waals surface area contributed by atoms with E-state index >= 15 is 0 Å². The number of carbonyl (C=O) groups is 2. The minimum atomic E-state index is -0.406. The lowest BCUT2D eigenvalue weighted by Crippen LogP contribution is -2.28. The Bertz CT molecular complexity index is 842. The summed E-state index contributed by atoms with van der Waals surface area (Å²) in [6.45, 7) is 10.2. The number of nitrogens with one attached hydrogen (secondary N) is 1. The van der Waals surface area contributed by atoms with Crippen molar-refractivity contribution < 1.29 is 14.1 Å². The van der Waals surface area contributed by atoms with E-state index in [1.54, 1.807) is 13.0 Å². The van der Waals surface area contributed by atoms with Gasteiger partial charge in [0.1, 0.15) is 5.76 Å². The van der Waals surface area contributed by atoms with Gasteiger partial charge in [-0.1, -0.05) is 5.16 Å². The van der Waals surface area contributed by atoms with E-state index in [0.29, 0.717) is 18.1 Å². The summed E-state index contributed by atoms with van der Waals surface area (Å²) >= 11 is 0. The number of amides is 2. The first-order valence-electron chi connectivity index (χ1n) is 9.33. The molecule has 0 aliphatic carbocycles. The molecule has 2 amide bonds. The second kappa shape index (κ2) is 7.82. The van der Waals surface area contributed by atoms with E-state index in [-0.39, 0.29) is 18.2 Å². The molecule has 2 aromatic rings. The molecule has 1 aliphatic heterocycles. The highest BCUT2D eigenvalue weighted by Crippen LogP contribution is 2.27. The molecule has 1 saturated heterocycles. The third kappa shape index (κ3) is 3.97. The molecule has 0 spiro atoms. The van der Waals surface area contributed by atoms with Crippen LogP contribution in [0.3, 0.4) is 0 Å². The third-order valence-electron chi connectivity index (χ3n) is 4.98. The second-order valence-corrected chi connectivity index (χ2v) is 6.86. The van der Waals surface area contributed by atoms with Crippen LogP contribution in [0, 0.1) is 19.8 Å². The van der Waals surface area contributed by atoms with Crippen LogP contribution in [0.25, 0.3) is 0 Å². The van der Waals surface area contributed by atoms with Crippen molar-refractivity contribution in [3.8, 4) is 0 Å². The number of carbonyl (C=O) groups excluding carboxylic acids is 2. The lowest BCUT2D eigenvalue weighted by atomic mass is 10.1. The van der Waals surface area contributed by atoms with Gasteiger partial charge in [0, 0.05) is 43.5 Å². The molecule has 1 unspecified atom stereocenters. The highest BCUT2D eigenvalue weighted by atomic mass is 16.5. The van der Waals surface area contributed by atoms with Crippen LogP contribution in [-0.4, -0.2) is 36.6 Å². The number of anilines is 3. The Morgan fingerprint density at radius 1 is 1.30 bits per heavy atom. The predicted molar refractivity (Wildman–Crippen MR) is 105 cm³/mol. The van der Waals surface area contributed by atoms with Gasteiger partial charge in [0.25, 0.3) is 0 Å². The summed E-state index contributed by atoms with van der Waals surface area (Å²) in [5, 5.41) is 6.85. The molecule has 1 aromatic carbocycles. The molecule has 1 aromatic heterocycles. The first-order valence-corrected chi connectivity index (χ1v) is 9.33. The zero-order valence-electron chi connectivity index (χ0n) is 16.3. The summed E-state index contributed by atoms with van der Waals surface area (Å²) in [5.41, 5.74) is 2.92. The van der Waals surface area contributed by atoms with E-state index in [9.17, 15) is 9.59 Å². The smallest absolute Gasteiger partial charge is 0.229 e. The van der Waals surface area contributed by atoms with Gasteiger partial charge in [-0.05, 0) is 51.5 Å².